The summed E-state index contributed by atoms with van der Waals surface area (Å²) in [6, 6.07) is 1.61. The van der Waals surface area contributed by atoms with Crippen LogP contribution in [0, 0.1) is 0 Å². The number of halogens is 2. The number of carboxylic acid groups (broad SMARTS) is 1. The van der Waals surface area contributed by atoms with Gasteiger partial charge in [-0.2, -0.15) is 0 Å². The van der Waals surface area contributed by atoms with E-state index in [0.717, 1.165) is 17.7 Å². The molecule has 20 heavy (non-hydrogen) atoms. The Hall–Kier alpha value is -1.17. The van der Waals surface area contributed by atoms with Crippen molar-refractivity contribution in [3.8, 4) is 10.7 Å². The van der Waals surface area contributed by atoms with Crippen molar-refractivity contribution in [2.75, 3.05) is 0 Å². The number of hydrogen-bond acceptors (Lipinski definition) is 4. The van der Waals surface area contributed by atoms with Crippen LogP contribution in [0.15, 0.2) is 12.3 Å². The Labute approximate surface area is 129 Å². The molecule has 1 atom stereocenters. The van der Waals surface area contributed by atoms with Gasteiger partial charge in [-0.05, 0) is 25.3 Å². The largest absolute Gasteiger partial charge is 0.481 e. The highest BCUT2D eigenvalue weighted by molar-refractivity contribution is 7.15. The van der Waals surface area contributed by atoms with Gasteiger partial charge in [0.15, 0.2) is 0 Å². The van der Waals surface area contributed by atoms with E-state index in [0.29, 0.717) is 32.9 Å². The summed E-state index contributed by atoms with van der Waals surface area (Å²) in [7, 11) is 0. The molecule has 0 saturated carbocycles. The minimum absolute atomic E-state index is 0.426. The van der Waals surface area contributed by atoms with Gasteiger partial charge < -0.3 is 5.11 Å². The molecule has 1 aliphatic carbocycles. The molecule has 2 heterocycles. The number of aliphatic carboxylic acids is 1. The van der Waals surface area contributed by atoms with Crippen molar-refractivity contribution < 1.29 is 9.90 Å². The van der Waals surface area contributed by atoms with Crippen LogP contribution in [-0.4, -0.2) is 21.0 Å². The highest BCUT2D eigenvalue weighted by Gasteiger charge is 2.30. The van der Waals surface area contributed by atoms with E-state index >= 15 is 0 Å². The molecule has 0 fully saturated rings. The van der Waals surface area contributed by atoms with Crippen LogP contribution in [0.2, 0.25) is 10.0 Å². The molecule has 0 radical (unpaired) electrons. The average molecular weight is 329 g/mol. The molecule has 0 aromatic carbocycles. The first-order valence-electron chi connectivity index (χ1n) is 6.10. The maximum Gasteiger partial charge on any atom is 0.312 e. The fourth-order valence-corrected chi connectivity index (χ4v) is 4.03. The maximum atomic E-state index is 11.3. The lowest BCUT2D eigenvalue weighted by Crippen LogP contribution is -2.17. The highest BCUT2D eigenvalue weighted by atomic mass is 35.5. The predicted molar refractivity (Wildman–Crippen MR) is 78.7 cm³/mol. The molecule has 3 rings (SSSR count). The van der Waals surface area contributed by atoms with Crippen molar-refractivity contribution >= 4 is 40.5 Å². The molecule has 0 bridgehead atoms. The van der Waals surface area contributed by atoms with E-state index in [4.69, 9.17) is 23.2 Å². The topological polar surface area (TPSA) is 63.1 Å². The third kappa shape index (κ3) is 2.41. The summed E-state index contributed by atoms with van der Waals surface area (Å²) in [5.74, 6) is -1.34. The predicted octanol–water partition coefficient (Wildman–Crippen LogP) is 4.02. The highest BCUT2D eigenvalue weighted by Crippen LogP contribution is 2.39. The number of thiazole rings is 1. The van der Waals surface area contributed by atoms with Crippen LogP contribution < -0.4 is 0 Å². The van der Waals surface area contributed by atoms with E-state index in [9.17, 15) is 9.90 Å². The zero-order chi connectivity index (χ0) is 14.3. The molecule has 0 saturated heterocycles. The Morgan fingerprint density at radius 1 is 1.45 bits per heavy atom. The SMILES string of the molecule is O=C(O)C1CCCc2sc(-c3ncc(Cl)cc3Cl)nc21. The van der Waals surface area contributed by atoms with Crippen molar-refractivity contribution in [1.29, 1.82) is 0 Å². The van der Waals surface area contributed by atoms with Crippen molar-refractivity contribution in [2.24, 2.45) is 0 Å². The summed E-state index contributed by atoms with van der Waals surface area (Å²) >= 11 is 13.4. The molecule has 0 spiro atoms. The molecule has 1 aliphatic rings. The van der Waals surface area contributed by atoms with Crippen molar-refractivity contribution in [1.82, 2.24) is 9.97 Å². The Morgan fingerprint density at radius 2 is 2.25 bits per heavy atom. The van der Waals surface area contributed by atoms with Crippen LogP contribution in [0.1, 0.15) is 29.3 Å². The standard InChI is InChI=1S/C13H10Cl2N2O2S/c14-6-4-8(15)11(16-5-6)12-17-10-7(13(18)19)2-1-3-9(10)20-12/h4-5,7H,1-3H2,(H,18,19). The van der Waals surface area contributed by atoms with Crippen LogP contribution in [0.3, 0.4) is 0 Å². The maximum absolute atomic E-state index is 11.3. The van der Waals surface area contributed by atoms with Gasteiger partial charge in [-0.25, -0.2) is 4.98 Å². The monoisotopic (exact) mass is 328 g/mol. The zero-order valence-electron chi connectivity index (χ0n) is 10.3. The molecule has 1 unspecified atom stereocenters. The summed E-state index contributed by atoms with van der Waals surface area (Å²) in [5, 5.41) is 10.8. The van der Waals surface area contributed by atoms with Gasteiger partial charge in [-0.1, -0.05) is 23.2 Å². The number of carbonyl (C=O) groups is 1. The molecule has 1 N–H and O–H groups in total. The first-order chi connectivity index (χ1) is 9.56. The molecule has 2 aromatic heterocycles. The minimum Gasteiger partial charge on any atom is -0.481 e. The van der Waals surface area contributed by atoms with Crippen molar-refractivity contribution in [3.63, 3.8) is 0 Å². The van der Waals surface area contributed by atoms with Crippen LogP contribution in [-0.2, 0) is 11.2 Å². The van der Waals surface area contributed by atoms with Crippen LogP contribution in [0.25, 0.3) is 10.7 Å². The number of carboxylic acids is 1. The molecule has 0 amide bonds. The third-order valence-corrected chi connectivity index (χ3v) is 4.90. The molecular weight excluding hydrogens is 319 g/mol. The number of aromatic nitrogens is 2. The minimum atomic E-state index is -0.821. The van der Waals surface area contributed by atoms with Gasteiger partial charge in [0.1, 0.15) is 16.6 Å². The zero-order valence-corrected chi connectivity index (χ0v) is 12.6. The first-order valence-corrected chi connectivity index (χ1v) is 7.67. The van der Waals surface area contributed by atoms with E-state index in [2.05, 4.69) is 9.97 Å². The second kappa shape index (κ2) is 5.31. The van der Waals surface area contributed by atoms with E-state index in [-0.39, 0.29) is 0 Å². The van der Waals surface area contributed by atoms with Crippen molar-refractivity contribution in [3.05, 3.63) is 32.9 Å². The summed E-state index contributed by atoms with van der Waals surface area (Å²) in [6.45, 7) is 0. The fraction of sp³-hybridized carbons (Fsp3) is 0.308. The molecule has 2 aromatic rings. The second-order valence-corrected chi connectivity index (χ2v) is 6.52. The first kappa shape index (κ1) is 13.8. The Kier molecular flexibility index (Phi) is 3.67. The lowest BCUT2D eigenvalue weighted by molar-refractivity contribution is -0.139. The summed E-state index contributed by atoms with van der Waals surface area (Å²) in [5.41, 5.74) is 1.22. The molecule has 4 nitrogen and oxygen atoms in total. The molecule has 104 valence electrons. The van der Waals surface area contributed by atoms with Gasteiger partial charge in [0.05, 0.1) is 15.7 Å². The number of pyridine rings is 1. The number of fused-ring (bicyclic) bond motifs is 1. The van der Waals surface area contributed by atoms with Crippen molar-refractivity contribution in [2.45, 2.75) is 25.2 Å². The van der Waals surface area contributed by atoms with Gasteiger partial charge in [0.25, 0.3) is 0 Å². The van der Waals surface area contributed by atoms with E-state index in [1.165, 1.54) is 17.5 Å². The average Bonchev–Trinajstić information content (AvgIpc) is 2.81. The van der Waals surface area contributed by atoms with Gasteiger partial charge >= 0.3 is 5.97 Å². The third-order valence-electron chi connectivity index (χ3n) is 3.26. The smallest absolute Gasteiger partial charge is 0.312 e. The van der Waals surface area contributed by atoms with Gasteiger partial charge in [0, 0.05) is 11.1 Å². The number of aryl methyl sites for hydroxylation is 1. The Morgan fingerprint density at radius 3 is 2.95 bits per heavy atom. The van der Waals surface area contributed by atoms with Gasteiger partial charge in [0.2, 0.25) is 0 Å². The lowest BCUT2D eigenvalue weighted by Gasteiger charge is -2.16. The van der Waals surface area contributed by atoms with Crippen LogP contribution in [0.5, 0.6) is 0 Å². The van der Waals surface area contributed by atoms with E-state index < -0.39 is 11.9 Å². The van der Waals surface area contributed by atoms with E-state index in [1.807, 2.05) is 0 Å². The van der Waals surface area contributed by atoms with Crippen LogP contribution >= 0.6 is 34.5 Å². The summed E-state index contributed by atoms with van der Waals surface area (Å²) in [4.78, 5) is 21.0. The lowest BCUT2D eigenvalue weighted by atomic mass is 9.91. The normalized spacial score (nSPS) is 17.8. The Bertz CT molecular complexity index is 687. The number of rotatable bonds is 2. The van der Waals surface area contributed by atoms with Gasteiger partial charge in [-0.3, -0.25) is 9.78 Å². The van der Waals surface area contributed by atoms with Crippen LogP contribution in [0.4, 0.5) is 0 Å². The molecular formula is C13H10Cl2N2O2S. The number of hydrogen-bond donors (Lipinski definition) is 1. The number of nitrogens with zero attached hydrogens (tertiary/aromatic N) is 2. The quantitative estimate of drug-likeness (QED) is 0.904. The second-order valence-electron chi connectivity index (χ2n) is 4.59. The molecule has 0 aliphatic heterocycles. The van der Waals surface area contributed by atoms with E-state index in [1.54, 1.807) is 6.07 Å². The summed E-state index contributed by atoms with van der Waals surface area (Å²) < 4.78 is 0. The Balaban J connectivity index is 2.07. The fourth-order valence-electron chi connectivity index (χ4n) is 2.33. The van der Waals surface area contributed by atoms with Gasteiger partial charge in [-0.15, -0.1) is 11.3 Å². The summed E-state index contributed by atoms with van der Waals surface area (Å²) in [6.07, 6.45) is 3.88. The molecule has 7 heteroatoms.